The third-order valence-corrected chi connectivity index (χ3v) is 4.40. The second-order valence-electron chi connectivity index (χ2n) is 6.04. The van der Waals surface area contributed by atoms with Gasteiger partial charge in [0.15, 0.2) is 0 Å². The molecule has 0 bridgehead atoms. The lowest BCUT2D eigenvalue weighted by molar-refractivity contribution is -0.128. The molecule has 0 unspecified atom stereocenters. The Morgan fingerprint density at radius 1 is 1.37 bits per heavy atom. The van der Waals surface area contributed by atoms with Crippen molar-refractivity contribution in [2.45, 2.75) is 38.1 Å². The number of hydrogen-bond acceptors (Lipinski definition) is 2. The van der Waals surface area contributed by atoms with Crippen LogP contribution in [-0.2, 0) is 10.2 Å². The molecule has 0 spiro atoms. The molecule has 0 atom stereocenters. The summed E-state index contributed by atoms with van der Waals surface area (Å²) in [6.45, 7) is 4.94. The fraction of sp³-hybridized carbons (Fsp3) is 0.533. The molecule has 1 fully saturated rings. The maximum absolute atomic E-state index is 11.9. The van der Waals surface area contributed by atoms with Crippen molar-refractivity contribution < 1.29 is 4.79 Å². The summed E-state index contributed by atoms with van der Waals surface area (Å²) in [5.74, 6) is 0.266. The number of benzene rings is 1. The summed E-state index contributed by atoms with van der Waals surface area (Å²) in [6, 6.07) is 8.47. The first-order chi connectivity index (χ1) is 8.88. The smallest absolute Gasteiger partial charge is 0.223 e. The maximum atomic E-state index is 11.9. The maximum Gasteiger partial charge on any atom is 0.223 e. The molecule has 104 valence electrons. The van der Waals surface area contributed by atoms with Gasteiger partial charge in [-0.25, -0.2) is 0 Å². The topological polar surface area (TPSA) is 55.1 Å². The van der Waals surface area contributed by atoms with E-state index < -0.39 is 0 Å². The van der Waals surface area contributed by atoms with Crippen molar-refractivity contribution >= 4 is 21.8 Å². The molecule has 1 aliphatic carbocycles. The monoisotopic (exact) mass is 324 g/mol. The van der Waals surface area contributed by atoms with Crippen LogP contribution in [-0.4, -0.2) is 18.5 Å². The Balaban J connectivity index is 1.90. The molecule has 3 N–H and O–H groups in total. The number of amides is 1. The van der Waals surface area contributed by atoms with Crippen molar-refractivity contribution in [3.05, 3.63) is 34.3 Å². The highest BCUT2D eigenvalue weighted by Crippen LogP contribution is 2.27. The van der Waals surface area contributed by atoms with Crippen molar-refractivity contribution in [1.29, 1.82) is 0 Å². The van der Waals surface area contributed by atoms with Crippen molar-refractivity contribution in [3.63, 3.8) is 0 Å². The number of hydrogen-bond donors (Lipinski definition) is 2. The van der Waals surface area contributed by atoms with Crippen LogP contribution in [0.15, 0.2) is 28.7 Å². The zero-order chi connectivity index (χ0) is 14.0. The van der Waals surface area contributed by atoms with Crippen molar-refractivity contribution in [3.8, 4) is 0 Å². The van der Waals surface area contributed by atoms with Crippen LogP contribution in [0, 0.1) is 5.92 Å². The highest BCUT2D eigenvalue weighted by atomic mass is 79.9. The van der Waals surface area contributed by atoms with Gasteiger partial charge in [0, 0.05) is 28.4 Å². The van der Waals surface area contributed by atoms with Gasteiger partial charge in [0.25, 0.3) is 0 Å². The van der Waals surface area contributed by atoms with E-state index in [1.54, 1.807) is 0 Å². The van der Waals surface area contributed by atoms with E-state index in [1.807, 2.05) is 12.1 Å². The number of nitrogens with one attached hydrogen (secondary N) is 1. The van der Waals surface area contributed by atoms with E-state index in [0.29, 0.717) is 6.54 Å². The van der Waals surface area contributed by atoms with Crippen molar-refractivity contribution in [2.24, 2.45) is 11.7 Å². The van der Waals surface area contributed by atoms with Gasteiger partial charge in [0.1, 0.15) is 0 Å². The largest absolute Gasteiger partial charge is 0.355 e. The minimum Gasteiger partial charge on any atom is -0.355 e. The van der Waals surface area contributed by atoms with Crippen molar-refractivity contribution in [1.82, 2.24) is 5.32 Å². The molecule has 1 aromatic carbocycles. The molecule has 2 rings (SSSR count). The predicted octanol–water partition coefficient (Wildman–Crippen LogP) is 2.58. The molecular formula is C15H21BrN2O. The Morgan fingerprint density at radius 2 is 1.95 bits per heavy atom. The lowest BCUT2D eigenvalue weighted by atomic mass is 9.79. The van der Waals surface area contributed by atoms with Gasteiger partial charge in [-0.05, 0) is 30.5 Å². The fourth-order valence-electron chi connectivity index (χ4n) is 2.33. The van der Waals surface area contributed by atoms with Gasteiger partial charge in [-0.1, -0.05) is 41.9 Å². The molecule has 0 saturated heterocycles. The van der Waals surface area contributed by atoms with Crippen LogP contribution in [0.1, 0.15) is 32.3 Å². The minimum atomic E-state index is -0.0672. The quantitative estimate of drug-likeness (QED) is 0.894. The summed E-state index contributed by atoms with van der Waals surface area (Å²) < 4.78 is 1.07. The third-order valence-electron chi connectivity index (χ3n) is 3.88. The van der Waals surface area contributed by atoms with Crippen LogP contribution in [0.25, 0.3) is 0 Å². The highest BCUT2D eigenvalue weighted by molar-refractivity contribution is 9.10. The van der Waals surface area contributed by atoms with Gasteiger partial charge in [0.05, 0.1) is 0 Å². The first-order valence-corrected chi connectivity index (χ1v) is 7.47. The molecular weight excluding hydrogens is 304 g/mol. The Morgan fingerprint density at radius 3 is 2.47 bits per heavy atom. The summed E-state index contributed by atoms with van der Waals surface area (Å²) in [4.78, 5) is 11.9. The van der Waals surface area contributed by atoms with Gasteiger partial charge in [0.2, 0.25) is 5.91 Å². The van der Waals surface area contributed by atoms with E-state index in [1.165, 1.54) is 5.56 Å². The standard InChI is InChI=1S/C15H21BrN2O/c1-15(2,11-3-5-12(16)6-4-11)9-18-14(19)10-7-13(17)8-10/h3-6,10,13H,7-9,17H2,1-2H3,(H,18,19). The van der Waals surface area contributed by atoms with Crippen LogP contribution in [0.2, 0.25) is 0 Å². The number of halogens is 1. The predicted molar refractivity (Wildman–Crippen MR) is 80.9 cm³/mol. The Labute approximate surface area is 123 Å². The number of rotatable bonds is 4. The van der Waals surface area contributed by atoms with E-state index in [4.69, 9.17) is 5.73 Å². The average molecular weight is 325 g/mol. The minimum absolute atomic E-state index is 0.0672. The van der Waals surface area contributed by atoms with Crippen LogP contribution < -0.4 is 11.1 Å². The highest BCUT2D eigenvalue weighted by Gasteiger charge is 2.32. The first-order valence-electron chi connectivity index (χ1n) is 6.68. The van der Waals surface area contributed by atoms with Gasteiger partial charge >= 0.3 is 0 Å². The Bertz CT molecular complexity index is 450. The number of carbonyl (C=O) groups excluding carboxylic acids is 1. The Hall–Kier alpha value is -0.870. The molecule has 0 radical (unpaired) electrons. The van der Waals surface area contributed by atoms with Crippen LogP contribution in [0.5, 0.6) is 0 Å². The summed E-state index contributed by atoms with van der Waals surface area (Å²) in [5, 5.41) is 3.05. The summed E-state index contributed by atoms with van der Waals surface area (Å²) in [6.07, 6.45) is 1.65. The normalized spacial score (nSPS) is 22.7. The lowest BCUT2D eigenvalue weighted by Gasteiger charge is -2.33. The molecule has 0 aromatic heterocycles. The SMILES string of the molecule is CC(C)(CNC(=O)C1CC(N)C1)c1ccc(Br)cc1. The average Bonchev–Trinajstić information content (AvgIpc) is 2.33. The second kappa shape index (κ2) is 5.63. The van der Waals surface area contributed by atoms with E-state index >= 15 is 0 Å². The zero-order valence-electron chi connectivity index (χ0n) is 11.4. The number of carbonyl (C=O) groups is 1. The van der Waals surface area contributed by atoms with Gasteiger partial charge in [-0.3, -0.25) is 4.79 Å². The van der Waals surface area contributed by atoms with Gasteiger partial charge in [-0.15, -0.1) is 0 Å². The summed E-state index contributed by atoms with van der Waals surface area (Å²) in [7, 11) is 0. The zero-order valence-corrected chi connectivity index (χ0v) is 13.0. The molecule has 1 amide bonds. The molecule has 1 aromatic rings. The summed E-state index contributed by atoms with van der Waals surface area (Å²) in [5.41, 5.74) is 6.87. The van der Waals surface area contributed by atoms with Crippen molar-refractivity contribution in [2.75, 3.05) is 6.54 Å². The molecule has 1 aliphatic rings. The fourth-order valence-corrected chi connectivity index (χ4v) is 2.60. The molecule has 3 nitrogen and oxygen atoms in total. The second-order valence-corrected chi connectivity index (χ2v) is 6.95. The van der Waals surface area contributed by atoms with E-state index in [0.717, 1.165) is 17.3 Å². The molecule has 0 heterocycles. The van der Waals surface area contributed by atoms with E-state index in [9.17, 15) is 4.79 Å². The number of nitrogens with two attached hydrogens (primary N) is 1. The Kier molecular flexibility index (Phi) is 4.31. The van der Waals surface area contributed by atoms with Crippen LogP contribution in [0.4, 0.5) is 0 Å². The third kappa shape index (κ3) is 3.57. The van der Waals surface area contributed by atoms with Crippen LogP contribution in [0.3, 0.4) is 0 Å². The van der Waals surface area contributed by atoms with Gasteiger partial charge < -0.3 is 11.1 Å². The molecule has 4 heteroatoms. The van der Waals surface area contributed by atoms with Gasteiger partial charge in [-0.2, -0.15) is 0 Å². The molecule has 0 aliphatic heterocycles. The lowest BCUT2D eigenvalue weighted by Crippen LogP contribution is -2.47. The van der Waals surface area contributed by atoms with E-state index in [-0.39, 0.29) is 23.3 Å². The van der Waals surface area contributed by atoms with Crippen LogP contribution >= 0.6 is 15.9 Å². The van der Waals surface area contributed by atoms with E-state index in [2.05, 4.69) is 47.2 Å². The summed E-state index contributed by atoms with van der Waals surface area (Å²) >= 11 is 3.43. The molecule has 19 heavy (non-hydrogen) atoms. The molecule has 1 saturated carbocycles. The first kappa shape index (κ1) is 14.5.